The molecule has 0 saturated heterocycles. The molecule has 0 amide bonds. The van der Waals surface area contributed by atoms with Crippen LogP contribution in [0.2, 0.25) is 0 Å². The van der Waals surface area contributed by atoms with Gasteiger partial charge in [-0.15, -0.1) is 0 Å². The van der Waals surface area contributed by atoms with Crippen molar-refractivity contribution < 1.29 is 0 Å². The molecule has 1 saturated carbocycles. The third-order valence-corrected chi connectivity index (χ3v) is 2.65. The number of hydrogen-bond acceptors (Lipinski definition) is 0. The summed E-state index contributed by atoms with van der Waals surface area (Å²) >= 11 is 0. The Labute approximate surface area is 62.6 Å². The van der Waals surface area contributed by atoms with Crippen LogP contribution in [0.3, 0.4) is 0 Å². The van der Waals surface area contributed by atoms with Gasteiger partial charge in [-0.25, -0.2) is 0 Å². The van der Waals surface area contributed by atoms with Crippen LogP contribution in [0.1, 0.15) is 32.1 Å². The van der Waals surface area contributed by atoms with Gasteiger partial charge in [0.05, 0.1) is 0 Å². The first kappa shape index (κ1) is 6.21. The third kappa shape index (κ3) is 1.03. The highest BCUT2D eigenvalue weighted by molar-refractivity contribution is 5.16. The van der Waals surface area contributed by atoms with Gasteiger partial charge in [0, 0.05) is 0 Å². The van der Waals surface area contributed by atoms with E-state index in [-0.39, 0.29) is 0 Å². The van der Waals surface area contributed by atoms with Gasteiger partial charge >= 0.3 is 0 Å². The summed E-state index contributed by atoms with van der Waals surface area (Å²) in [5.41, 5.74) is 1.74. The van der Waals surface area contributed by atoms with Crippen molar-refractivity contribution in [3.63, 3.8) is 0 Å². The molecule has 2 aliphatic carbocycles. The highest BCUT2D eigenvalue weighted by Crippen LogP contribution is 2.35. The lowest BCUT2D eigenvalue weighted by Crippen LogP contribution is -1.92. The van der Waals surface area contributed by atoms with Crippen LogP contribution in [0.4, 0.5) is 0 Å². The molecular formula is C10H14. The Balaban J connectivity index is 2.17. The Kier molecular flexibility index (Phi) is 1.62. The summed E-state index contributed by atoms with van der Waals surface area (Å²) in [6, 6.07) is 0. The molecule has 0 N–H and O–H groups in total. The second kappa shape index (κ2) is 2.61. The minimum atomic E-state index is 0.929. The quantitative estimate of drug-likeness (QED) is 0.447. The van der Waals surface area contributed by atoms with E-state index in [2.05, 4.69) is 18.2 Å². The maximum Gasteiger partial charge on any atom is -0.0166 e. The van der Waals surface area contributed by atoms with Gasteiger partial charge in [-0.05, 0) is 38.0 Å². The predicted molar refractivity (Wildman–Crippen MR) is 43.8 cm³/mol. The lowest BCUT2D eigenvalue weighted by molar-refractivity contribution is 0.639. The smallest absolute Gasteiger partial charge is 0.0166 e. The number of allylic oxidation sites excluding steroid dienone is 4. The van der Waals surface area contributed by atoms with Crippen LogP contribution in [0.15, 0.2) is 23.8 Å². The summed E-state index contributed by atoms with van der Waals surface area (Å²) in [7, 11) is 0. The zero-order valence-corrected chi connectivity index (χ0v) is 6.34. The molecule has 0 aromatic heterocycles. The molecule has 1 unspecified atom stereocenters. The first-order valence-corrected chi connectivity index (χ1v) is 4.31. The minimum Gasteiger partial charge on any atom is -0.0876 e. The number of fused-ring (bicyclic) bond motifs is 1. The predicted octanol–water partition coefficient (Wildman–Crippen LogP) is 3.06. The molecule has 0 aromatic rings. The van der Waals surface area contributed by atoms with Crippen LogP contribution in [-0.4, -0.2) is 0 Å². The molecule has 54 valence electrons. The lowest BCUT2D eigenvalue weighted by atomic mass is 10.0. The first-order chi connectivity index (χ1) is 4.97. The standard InChI is InChI=1S/C10H14/c1-2-5-9-7-4-8-10(9)6-3-1/h1-2,6,9H,3-5,7-8H2. The largest absolute Gasteiger partial charge is 0.0876 e. The summed E-state index contributed by atoms with van der Waals surface area (Å²) in [6.07, 6.45) is 13.8. The van der Waals surface area contributed by atoms with Gasteiger partial charge in [0.15, 0.2) is 0 Å². The molecule has 0 bridgehead atoms. The van der Waals surface area contributed by atoms with E-state index < -0.39 is 0 Å². The van der Waals surface area contributed by atoms with Crippen molar-refractivity contribution in [1.82, 2.24) is 0 Å². The molecule has 0 heterocycles. The molecule has 2 rings (SSSR count). The Bertz CT molecular complexity index is 174. The maximum atomic E-state index is 2.43. The van der Waals surface area contributed by atoms with Gasteiger partial charge in [-0.3, -0.25) is 0 Å². The second-order valence-electron chi connectivity index (χ2n) is 3.31. The summed E-state index contributed by atoms with van der Waals surface area (Å²) in [5, 5.41) is 0. The average molecular weight is 134 g/mol. The zero-order chi connectivity index (χ0) is 6.81. The van der Waals surface area contributed by atoms with Crippen molar-refractivity contribution in [2.45, 2.75) is 32.1 Å². The van der Waals surface area contributed by atoms with Crippen LogP contribution in [0.25, 0.3) is 0 Å². The molecule has 0 aromatic carbocycles. The molecular weight excluding hydrogens is 120 g/mol. The van der Waals surface area contributed by atoms with E-state index in [0.29, 0.717) is 0 Å². The average Bonchev–Trinajstić information content (AvgIpc) is 2.28. The van der Waals surface area contributed by atoms with Gasteiger partial charge in [-0.2, -0.15) is 0 Å². The normalized spacial score (nSPS) is 31.2. The van der Waals surface area contributed by atoms with Crippen molar-refractivity contribution in [3.8, 4) is 0 Å². The molecule has 0 spiro atoms. The van der Waals surface area contributed by atoms with Crippen LogP contribution in [0.5, 0.6) is 0 Å². The van der Waals surface area contributed by atoms with Crippen molar-refractivity contribution in [1.29, 1.82) is 0 Å². The summed E-state index contributed by atoms with van der Waals surface area (Å²) in [6.45, 7) is 0. The molecule has 0 radical (unpaired) electrons. The topological polar surface area (TPSA) is 0 Å². The van der Waals surface area contributed by atoms with E-state index in [0.717, 1.165) is 5.92 Å². The SMILES string of the molecule is C1=CCC2CCCC2=CC1. The Morgan fingerprint density at radius 2 is 2.30 bits per heavy atom. The Morgan fingerprint density at radius 3 is 3.30 bits per heavy atom. The van der Waals surface area contributed by atoms with Crippen molar-refractivity contribution >= 4 is 0 Å². The Morgan fingerprint density at radius 1 is 1.30 bits per heavy atom. The minimum absolute atomic E-state index is 0.929. The number of rotatable bonds is 0. The van der Waals surface area contributed by atoms with Gasteiger partial charge in [0.1, 0.15) is 0 Å². The highest BCUT2D eigenvalue weighted by atomic mass is 14.2. The van der Waals surface area contributed by atoms with Crippen LogP contribution < -0.4 is 0 Å². The fourth-order valence-electron chi connectivity index (χ4n) is 2.06. The van der Waals surface area contributed by atoms with E-state index >= 15 is 0 Å². The second-order valence-corrected chi connectivity index (χ2v) is 3.31. The van der Waals surface area contributed by atoms with Gasteiger partial charge < -0.3 is 0 Å². The monoisotopic (exact) mass is 134 g/mol. The van der Waals surface area contributed by atoms with E-state index in [9.17, 15) is 0 Å². The van der Waals surface area contributed by atoms with Gasteiger partial charge in [0.25, 0.3) is 0 Å². The molecule has 0 heteroatoms. The molecule has 0 aliphatic heterocycles. The summed E-state index contributed by atoms with van der Waals surface area (Å²) in [4.78, 5) is 0. The zero-order valence-electron chi connectivity index (χ0n) is 6.34. The third-order valence-electron chi connectivity index (χ3n) is 2.65. The Hall–Kier alpha value is -0.520. The summed E-state index contributed by atoms with van der Waals surface area (Å²) in [5.74, 6) is 0.929. The van der Waals surface area contributed by atoms with Crippen molar-refractivity contribution in [3.05, 3.63) is 23.8 Å². The van der Waals surface area contributed by atoms with E-state index in [4.69, 9.17) is 0 Å². The van der Waals surface area contributed by atoms with E-state index in [1.165, 1.54) is 32.1 Å². The molecule has 1 fully saturated rings. The van der Waals surface area contributed by atoms with Crippen LogP contribution in [-0.2, 0) is 0 Å². The fourth-order valence-corrected chi connectivity index (χ4v) is 2.06. The number of hydrogen-bond donors (Lipinski definition) is 0. The summed E-state index contributed by atoms with van der Waals surface area (Å²) < 4.78 is 0. The molecule has 0 nitrogen and oxygen atoms in total. The molecule has 10 heavy (non-hydrogen) atoms. The molecule has 2 aliphatic rings. The first-order valence-electron chi connectivity index (χ1n) is 4.31. The van der Waals surface area contributed by atoms with Crippen LogP contribution >= 0.6 is 0 Å². The van der Waals surface area contributed by atoms with E-state index in [1.54, 1.807) is 5.57 Å². The maximum absolute atomic E-state index is 2.43. The van der Waals surface area contributed by atoms with Gasteiger partial charge in [-0.1, -0.05) is 23.8 Å². The van der Waals surface area contributed by atoms with Crippen LogP contribution in [0, 0.1) is 5.92 Å². The van der Waals surface area contributed by atoms with Gasteiger partial charge in [0.2, 0.25) is 0 Å². The molecule has 1 atom stereocenters. The lowest BCUT2D eigenvalue weighted by Gasteiger charge is -2.05. The van der Waals surface area contributed by atoms with Crippen molar-refractivity contribution in [2.24, 2.45) is 5.92 Å². The fraction of sp³-hybridized carbons (Fsp3) is 0.600. The van der Waals surface area contributed by atoms with E-state index in [1.807, 2.05) is 0 Å². The highest BCUT2D eigenvalue weighted by Gasteiger charge is 2.19. The van der Waals surface area contributed by atoms with Crippen molar-refractivity contribution in [2.75, 3.05) is 0 Å².